The van der Waals surface area contributed by atoms with Crippen LogP contribution in [0, 0.1) is 0 Å². The molecule has 3 N–H and O–H groups in total. The molecule has 104 valence electrons. The molecule has 0 aliphatic carbocycles. The number of nitrogens with zero attached hydrogens (tertiary/aromatic N) is 1. The third-order valence-corrected chi connectivity index (χ3v) is 2.30. The normalized spacial score (nSPS) is 12.2. The van der Waals surface area contributed by atoms with Crippen LogP contribution in [0.15, 0.2) is 0 Å². The monoisotopic (exact) mass is 260 g/mol. The molecule has 0 aliphatic heterocycles. The van der Waals surface area contributed by atoms with E-state index in [1.54, 1.807) is 0 Å². The second kappa shape index (κ2) is 8.46. The Hall–Kier alpha value is -1.63. The number of carboxylic acids is 2. The lowest BCUT2D eigenvalue weighted by molar-refractivity contribution is -0.142. The van der Waals surface area contributed by atoms with Crippen molar-refractivity contribution in [3.8, 4) is 0 Å². The van der Waals surface area contributed by atoms with Crippen LogP contribution < -0.4 is 5.32 Å². The number of carbonyl (C=O) groups excluding carboxylic acids is 1. The number of hydrogen-bond donors (Lipinski definition) is 3. The average Bonchev–Trinajstić information content (AvgIpc) is 2.24. The minimum atomic E-state index is -1.14. The number of rotatable bonds is 9. The summed E-state index contributed by atoms with van der Waals surface area (Å²) in [6.45, 7) is 0.535. The fourth-order valence-electron chi connectivity index (χ4n) is 1.31. The fourth-order valence-corrected chi connectivity index (χ4v) is 1.31. The molecule has 1 atom stereocenters. The van der Waals surface area contributed by atoms with E-state index in [4.69, 9.17) is 10.2 Å². The maximum atomic E-state index is 11.4. The second-order valence-corrected chi connectivity index (χ2v) is 4.30. The molecule has 7 nitrogen and oxygen atoms in total. The van der Waals surface area contributed by atoms with E-state index in [0.29, 0.717) is 6.54 Å². The molecule has 0 unspecified atom stereocenters. The number of aliphatic carboxylic acids is 2. The molecule has 0 saturated heterocycles. The van der Waals surface area contributed by atoms with Crippen molar-refractivity contribution < 1.29 is 24.6 Å². The molecule has 0 radical (unpaired) electrons. The molecular formula is C11H20N2O5. The van der Waals surface area contributed by atoms with Gasteiger partial charge in [-0.15, -0.1) is 0 Å². The highest BCUT2D eigenvalue weighted by atomic mass is 16.4. The lowest BCUT2D eigenvalue weighted by atomic mass is 10.1. The van der Waals surface area contributed by atoms with Crippen molar-refractivity contribution in [3.05, 3.63) is 0 Å². The van der Waals surface area contributed by atoms with Crippen LogP contribution >= 0.6 is 0 Å². The number of carboxylic acid groups (broad SMARTS) is 2. The molecule has 0 heterocycles. The standard InChI is InChI=1S/C11H20N2O5/c1-13(2)7-6-9(14)12-8(11(17)18)4-3-5-10(15)16/h8H,3-7H2,1-2H3,(H,12,14)(H,15,16)(H,17,18)/t8-/m1/s1. The number of carbonyl (C=O) groups is 3. The van der Waals surface area contributed by atoms with Crippen LogP contribution in [-0.2, 0) is 14.4 Å². The zero-order valence-electron chi connectivity index (χ0n) is 10.7. The quantitative estimate of drug-likeness (QED) is 0.528. The summed E-state index contributed by atoms with van der Waals surface area (Å²) < 4.78 is 0. The topological polar surface area (TPSA) is 107 Å². The molecule has 0 rings (SSSR count). The molecule has 7 heteroatoms. The first kappa shape index (κ1) is 16.4. The summed E-state index contributed by atoms with van der Waals surface area (Å²) in [5.41, 5.74) is 0. The van der Waals surface area contributed by atoms with Gasteiger partial charge in [0.25, 0.3) is 0 Å². The van der Waals surface area contributed by atoms with Crippen LogP contribution in [0.25, 0.3) is 0 Å². The van der Waals surface area contributed by atoms with Gasteiger partial charge in [-0.2, -0.15) is 0 Å². The van der Waals surface area contributed by atoms with Gasteiger partial charge in [-0.3, -0.25) is 9.59 Å². The minimum Gasteiger partial charge on any atom is -0.481 e. The van der Waals surface area contributed by atoms with Crippen molar-refractivity contribution in [2.45, 2.75) is 31.7 Å². The highest BCUT2D eigenvalue weighted by Gasteiger charge is 2.19. The van der Waals surface area contributed by atoms with Gasteiger partial charge in [0, 0.05) is 19.4 Å². The largest absolute Gasteiger partial charge is 0.481 e. The Balaban J connectivity index is 4.06. The van der Waals surface area contributed by atoms with Crippen LogP contribution in [0.3, 0.4) is 0 Å². The zero-order chi connectivity index (χ0) is 14.1. The smallest absolute Gasteiger partial charge is 0.326 e. The van der Waals surface area contributed by atoms with Gasteiger partial charge in [-0.1, -0.05) is 0 Å². The van der Waals surface area contributed by atoms with Crippen LogP contribution in [0.4, 0.5) is 0 Å². The number of hydrogen-bond acceptors (Lipinski definition) is 4. The van der Waals surface area contributed by atoms with Gasteiger partial charge >= 0.3 is 11.9 Å². The molecular weight excluding hydrogens is 240 g/mol. The van der Waals surface area contributed by atoms with Gasteiger partial charge in [0.15, 0.2) is 0 Å². The van der Waals surface area contributed by atoms with E-state index in [1.165, 1.54) is 0 Å². The lowest BCUT2D eigenvalue weighted by Crippen LogP contribution is -2.41. The summed E-state index contributed by atoms with van der Waals surface area (Å²) in [4.78, 5) is 34.4. The Kier molecular flexibility index (Phi) is 7.69. The maximum Gasteiger partial charge on any atom is 0.326 e. The predicted molar refractivity (Wildman–Crippen MR) is 64.2 cm³/mol. The summed E-state index contributed by atoms with van der Waals surface area (Å²) in [5, 5.41) is 19.7. The van der Waals surface area contributed by atoms with Crippen LogP contribution in [0.1, 0.15) is 25.7 Å². The molecule has 0 aromatic rings. The molecule has 0 aromatic carbocycles. The van der Waals surface area contributed by atoms with Crippen molar-refractivity contribution in [2.24, 2.45) is 0 Å². The minimum absolute atomic E-state index is 0.0999. The van der Waals surface area contributed by atoms with Crippen LogP contribution in [0.2, 0.25) is 0 Å². The van der Waals surface area contributed by atoms with Crippen molar-refractivity contribution in [2.75, 3.05) is 20.6 Å². The molecule has 0 bridgehead atoms. The van der Waals surface area contributed by atoms with Gasteiger partial charge in [0.2, 0.25) is 5.91 Å². The Morgan fingerprint density at radius 3 is 2.22 bits per heavy atom. The summed E-state index contributed by atoms with van der Waals surface area (Å²) in [7, 11) is 3.63. The molecule has 1 amide bonds. The highest BCUT2D eigenvalue weighted by molar-refractivity contribution is 5.83. The maximum absolute atomic E-state index is 11.4. The number of nitrogens with one attached hydrogen (secondary N) is 1. The van der Waals surface area contributed by atoms with E-state index in [-0.39, 0.29) is 31.6 Å². The molecule has 18 heavy (non-hydrogen) atoms. The summed E-state index contributed by atoms with van der Waals surface area (Å²) in [6, 6.07) is -1.01. The van der Waals surface area contributed by atoms with E-state index < -0.39 is 18.0 Å². The van der Waals surface area contributed by atoms with E-state index in [1.807, 2.05) is 19.0 Å². The third kappa shape index (κ3) is 8.51. The van der Waals surface area contributed by atoms with Crippen LogP contribution in [0.5, 0.6) is 0 Å². The summed E-state index contributed by atoms with van der Waals surface area (Å²) in [6.07, 6.45) is 0.461. The molecule has 0 fully saturated rings. The average molecular weight is 260 g/mol. The van der Waals surface area contributed by atoms with Gasteiger partial charge in [-0.05, 0) is 26.9 Å². The van der Waals surface area contributed by atoms with Gasteiger partial charge in [0.1, 0.15) is 6.04 Å². The van der Waals surface area contributed by atoms with E-state index >= 15 is 0 Å². The van der Waals surface area contributed by atoms with Gasteiger partial charge < -0.3 is 20.4 Å². The first-order valence-corrected chi connectivity index (χ1v) is 5.71. The first-order valence-electron chi connectivity index (χ1n) is 5.71. The molecule has 0 spiro atoms. The predicted octanol–water partition coefficient (Wildman–Crippen LogP) is -0.238. The van der Waals surface area contributed by atoms with Gasteiger partial charge in [-0.25, -0.2) is 4.79 Å². The fraction of sp³-hybridized carbons (Fsp3) is 0.727. The Labute approximate surface area is 106 Å². The third-order valence-electron chi connectivity index (χ3n) is 2.30. The van der Waals surface area contributed by atoms with Crippen molar-refractivity contribution in [3.63, 3.8) is 0 Å². The van der Waals surface area contributed by atoms with E-state index in [9.17, 15) is 14.4 Å². The molecule has 0 aliphatic rings. The second-order valence-electron chi connectivity index (χ2n) is 4.30. The van der Waals surface area contributed by atoms with Crippen molar-refractivity contribution in [1.29, 1.82) is 0 Å². The van der Waals surface area contributed by atoms with Crippen molar-refractivity contribution >= 4 is 17.8 Å². The SMILES string of the molecule is CN(C)CCC(=O)N[C@H](CCCC(=O)O)C(=O)O. The van der Waals surface area contributed by atoms with E-state index in [0.717, 1.165) is 0 Å². The van der Waals surface area contributed by atoms with Crippen LogP contribution in [-0.4, -0.2) is 59.6 Å². The van der Waals surface area contributed by atoms with Crippen molar-refractivity contribution in [1.82, 2.24) is 10.2 Å². The number of amides is 1. The highest BCUT2D eigenvalue weighted by Crippen LogP contribution is 2.02. The molecule has 0 saturated carbocycles. The first-order chi connectivity index (χ1) is 8.32. The van der Waals surface area contributed by atoms with Gasteiger partial charge in [0.05, 0.1) is 0 Å². The Morgan fingerprint density at radius 2 is 1.78 bits per heavy atom. The Morgan fingerprint density at radius 1 is 1.17 bits per heavy atom. The lowest BCUT2D eigenvalue weighted by Gasteiger charge is -2.15. The molecule has 0 aromatic heterocycles. The zero-order valence-corrected chi connectivity index (χ0v) is 10.7. The Bertz CT molecular complexity index is 304. The van der Waals surface area contributed by atoms with E-state index in [2.05, 4.69) is 5.32 Å². The summed E-state index contributed by atoms with van der Waals surface area (Å²) >= 11 is 0. The summed E-state index contributed by atoms with van der Waals surface area (Å²) in [5.74, 6) is -2.46.